The summed E-state index contributed by atoms with van der Waals surface area (Å²) in [4.78, 5) is 15.8. The van der Waals surface area contributed by atoms with Crippen molar-refractivity contribution in [2.24, 2.45) is 11.1 Å². The van der Waals surface area contributed by atoms with Crippen molar-refractivity contribution in [3.63, 3.8) is 0 Å². The van der Waals surface area contributed by atoms with E-state index in [-0.39, 0.29) is 11.9 Å². The molecule has 0 aromatic carbocycles. The second kappa shape index (κ2) is 5.12. The second-order valence-electron chi connectivity index (χ2n) is 4.72. The molecule has 1 aromatic rings. The van der Waals surface area contributed by atoms with Crippen molar-refractivity contribution < 1.29 is 4.79 Å². The van der Waals surface area contributed by atoms with Crippen LogP contribution in [-0.4, -0.2) is 28.0 Å². The molecule has 1 aromatic heterocycles. The topological polar surface area (TPSA) is 72.9 Å². The highest BCUT2D eigenvalue weighted by atomic mass is 16.2. The second-order valence-corrected chi connectivity index (χ2v) is 4.72. The zero-order chi connectivity index (χ0) is 12.2. The molecule has 16 heavy (non-hydrogen) atoms. The molecule has 1 heterocycles. The van der Waals surface area contributed by atoms with Crippen LogP contribution in [-0.2, 0) is 11.3 Å². The lowest BCUT2D eigenvalue weighted by molar-refractivity contribution is -0.129. The molecule has 5 heteroatoms. The lowest BCUT2D eigenvalue weighted by atomic mass is 9.92. The first kappa shape index (κ1) is 12.7. The van der Waals surface area contributed by atoms with Gasteiger partial charge < -0.3 is 15.6 Å². The Kier molecular flexibility index (Phi) is 4.06. The van der Waals surface area contributed by atoms with Gasteiger partial charge in [-0.15, -0.1) is 0 Å². The summed E-state index contributed by atoms with van der Waals surface area (Å²) in [5, 5.41) is 2.94. The van der Waals surface area contributed by atoms with Crippen molar-refractivity contribution in [2.75, 3.05) is 6.54 Å². The van der Waals surface area contributed by atoms with E-state index in [1.807, 2.05) is 31.5 Å². The van der Waals surface area contributed by atoms with Crippen LogP contribution in [0.1, 0.15) is 20.8 Å². The highest BCUT2D eigenvalue weighted by Crippen LogP contribution is 2.12. The summed E-state index contributed by atoms with van der Waals surface area (Å²) in [6.07, 6.45) is 5.33. The molecule has 1 unspecified atom stereocenters. The number of hydrogen-bond donors (Lipinski definition) is 2. The summed E-state index contributed by atoms with van der Waals surface area (Å²) >= 11 is 0. The highest BCUT2D eigenvalue weighted by molar-refractivity contribution is 5.82. The number of nitrogens with two attached hydrogens (primary N) is 1. The van der Waals surface area contributed by atoms with Gasteiger partial charge in [0.15, 0.2) is 0 Å². The molecule has 0 aliphatic heterocycles. The Morgan fingerprint density at radius 2 is 2.31 bits per heavy atom. The summed E-state index contributed by atoms with van der Waals surface area (Å²) in [6, 6.07) is 0.0625. The van der Waals surface area contributed by atoms with Gasteiger partial charge in [-0.2, -0.15) is 0 Å². The molecular weight excluding hydrogens is 204 g/mol. The summed E-state index contributed by atoms with van der Waals surface area (Å²) < 4.78 is 1.93. The van der Waals surface area contributed by atoms with E-state index in [2.05, 4.69) is 10.3 Å². The van der Waals surface area contributed by atoms with Crippen molar-refractivity contribution in [3.8, 4) is 0 Å². The predicted molar refractivity (Wildman–Crippen MR) is 62.7 cm³/mol. The fourth-order valence-corrected chi connectivity index (χ4v) is 1.27. The maximum Gasteiger partial charge on any atom is 0.227 e. The van der Waals surface area contributed by atoms with Gasteiger partial charge >= 0.3 is 0 Å². The number of carbonyl (C=O) groups is 1. The number of amides is 1. The number of rotatable bonds is 5. The molecule has 0 saturated heterocycles. The van der Waals surface area contributed by atoms with Gasteiger partial charge in [0.05, 0.1) is 11.7 Å². The molecule has 5 nitrogen and oxygen atoms in total. The zero-order valence-electron chi connectivity index (χ0n) is 10.1. The largest absolute Gasteiger partial charge is 0.351 e. The third-order valence-electron chi connectivity index (χ3n) is 2.55. The monoisotopic (exact) mass is 224 g/mol. The maximum absolute atomic E-state index is 11.8. The minimum Gasteiger partial charge on any atom is -0.351 e. The molecular formula is C11H20N4O. The zero-order valence-corrected chi connectivity index (χ0v) is 10.1. The van der Waals surface area contributed by atoms with Gasteiger partial charge in [-0.3, -0.25) is 4.79 Å². The number of hydrogen-bond acceptors (Lipinski definition) is 3. The van der Waals surface area contributed by atoms with Crippen LogP contribution in [0.2, 0.25) is 0 Å². The molecule has 0 spiro atoms. The minimum atomic E-state index is -0.511. The van der Waals surface area contributed by atoms with Gasteiger partial charge in [0, 0.05) is 31.5 Å². The quantitative estimate of drug-likeness (QED) is 0.759. The Balaban J connectivity index is 2.46. The van der Waals surface area contributed by atoms with E-state index in [0.29, 0.717) is 13.1 Å². The number of nitrogens with one attached hydrogen (secondary N) is 1. The third-order valence-corrected chi connectivity index (χ3v) is 2.55. The van der Waals surface area contributed by atoms with E-state index < -0.39 is 5.41 Å². The van der Waals surface area contributed by atoms with Crippen LogP contribution in [0.15, 0.2) is 18.7 Å². The van der Waals surface area contributed by atoms with Crippen LogP contribution in [0.25, 0.3) is 0 Å². The van der Waals surface area contributed by atoms with Crippen molar-refractivity contribution in [1.29, 1.82) is 0 Å². The van der Waals surface area contributed by atoms with Crippen LogP contribution in [0.5, 0.6) is 0 Å². The average molecular weight is 224 g/mol. The molecule has 0 bridgehead atoms. The first-order valence-electron chi connectivity index (χ1n) is 5.42. The minimum absolute atomic E-state index is 0.0115. The van der Waals surface area contributed by atoms with Gasteiger partial charge in [0.1, 0.15) is 0 Å². The summed E-state index contributed by atoms with van der Waals surface area (Å²) in [7, 11) is 0. The van der Waals surface area contributed by atoms with E-state index in [1.54, 1.807) is 12.5 Å². The molecule has 90 valence electrons. The van der Waals surface area contributed by atoms with E-state index in [9.17, 15) is 4.79 Å². The molecule has 1 amide bonds. The summed E-state index contributed by atoms with van der Waals surface area (Å²) in [5.41, 5.74) is 5.03. The Morgan fingerprint density at radius 1 is 1.62 bits per heavy atom. The first-order chi connectivity index (χ1) is 7.45. The van der Waals surface area contributed by atoms with Crippen molar-refractivity contribution >= 4 is 5.91 Å². The van der Waals surface area contributed by atoms with E-state index in [0.717, 1.165) is 0 Å². The Bertz CT molecular complexity index is 332. The number of imidazole rings is 1. The lowest BCUT2D eigenvalue weighted by Gasteiger charge is -2.24. The molecule has 1 atom stereocenters. The van der Waals surface area contributed by atoms with Crippen LogP contribution in [0.4, 0.5) is 0 Å². The van der Waals surface area contributed by atoms with E-state index >= 15 is 0 Å². The molecule has 0 aliphatic carbocycles. The molecule has 0 fully saturated rings. The highest BCUT2D eigenvalue weighted by Gasteiger charge is 2.26. The van der Waals surface area contributed by atoms with Gasteiger partial charge in [0.2, 0.25) is 5.91 Å². The smallest absolute Gasteiger partial charge is 0.227 e. The van der Waals surface area contributed by atoms with E-state index in [4.69, 9.17) is 5.73 Å². The first-order valence-corrected chi connectivity index (χ1v) is 5.42. The lowest BCUT2D eigenvalue weighted by Crippen LogP contribution is -2.46. The SMILES string of the molecule is CC(Cn1ccnc1)NC(=O)C(C)(C)CN. The van der Waals surface area contributed by atoms with Gasteiger partial charge in [0.25, 0.3) is 0 Å². The van der Waals surface area contributed by atoms with Crippen LogP contribution < -0.4 is 11.1 Å². The fourth-order valence-electron chi connectivity index (χ4n) is 1.27. The normalized spacial score (nSPS) is 13.5. The molecule has 3 N–H and O–H groups in total. The van der Waals surface area contributed by atoms with Crippen molar-refractivity contribution in [3.05, 3.63) is 18.7 Å². The molecule has 0 radical (unpaired) electrons. The molecule has 1 rings (SSSR count). The predicted octanol–water partition coefficient (Wildman–Crippen LogP) is 0.373. The third kappa shape index (κ3) is 3.34. The Morgan fingerprint density at radius 3 is 2.81 bits per heavy atom. The number of carbonyl (C=O) groups excluding carboxylic acids is 1. The van der Waals surface area contributed by atoms with Gasteiger partial charge in [-0.1, -0.05) is 0 Å². The van der Waals surface area contributed by atoms with Gasteiger partial charge in [-0.25, -0.2) is 4.98 Å². The van der Waals surface area contributed by atoms with Gasteiger partial charge in [-0.05, 0) is 20.8 Å². The molecule has 0 aliphatic rings. The Labute approximate surface area is 96.0 Å². The Hall–Kier alpha value is -1.36. The molecule has 0 saturated carbocycles. The van der Waals surface area contributed by atoms with Crippen LogP contribution >= 0.6 is 0 Å². The van der Waals surface area contributed by atoms with Crippen molar-refractivity contribution in [2.45, 2.75) is 33.4 Å². The standard InChI is InChI=1S/C11H20N4O/c1-9(6-15-5-4-13-8-15)14-10(16)11(2,3)7-12/h4-5,8-9H,6-7,12H2,1-3H3,(H,14,16). The van der Waals surface area contributed by atoms with Crippen molar-refractivity contribution in [1.82, 2.24) is 14.9 Å². The number of nitrogens with zero attached hydrogens (tertiary/aromatic N) is 2. The van der Waals surface area contributed by atoms with E-state index in [1.165, 1.54) is 0 Å². The maximum atomic E-state index is 11.8. The average Bonchev–Trinajstić information content (AvgIpc) is 2.70. The fraction of sp³-hybridized carbons (Fsp3) is 0.636. The summed E-state index contributed by atoms with van der Waals surface area (Å²) in [6.45, 7) is 6.70. The van der Waals surface area contributed by atoms with Crippen LogP contribution in [0.3, 0.4) is 0 Å². The number of aromatic nitrogens is 2. The van der Waals surface area contributed by atoms with Crippen LogP contribution in [0, 0.1) is 5.41 Å². The summed E-state index contributed by atoms with van der Waals surface area (Å²) in [5.74, 6) is -0.0115.